The summed E-state index contributed by atoms with van der Waals surface area (Å²) in [7, 11) is 1.76. The van der Waals surface area contributed by atoms with Crippen molar-refractivity contribution in [1.82, 2.24) is 10.3 Å². The van der Waals surface area contributed by atoms with Crippen LogP contribution >= 0.6 is 11.6 Å². The number of hydrogen-bond donors (Lipinski definition) is 1. The van der Waals surface area contributed by atoms with Gasteiger partial charge in [-0.3, -0.25) is 4.98 Å². The Labute approximate surface area is 116 Å². The molecule has 100 valence electrons. The molecule has 0 aliphatic heterocycles. The maximum absolute atomic E-state index is 13.6. The van der Waals surface area contributed by atoms with Gasteiger partial charge in [0.1, 0.15) is 18.2 Å². The molecule has 0 aliphatic carbocycles. The van der Waals surface area contributed by atoms with E-state index in [4.69, 9.17) is 16.3 Å². The smallest absolute Gasteiger partial charge is 0.146 e. The van der Waals surface area contributed by atoms with Gasteiger partial charge in [0.2, 0.25) is 0 Å². The van der Waals surface area contributed by atoms with E-state index in [1.54, 1.807) is 37.5 Å². The van der Waals surface area contributed by atoms with Gasteiger partial charge in [-0.2, -0.15) is 0 Å². The van der Waals surface area contributed by atoms with Crippen molar-refractivity contribution in [2.45, 2.75) is 6.04 Å². The van der Waals surface area contributed by atoms with E-state index < -0.39 is 0 Å². The molecule has 3 nitrogen and oxygen atoms in total. The number of pyridine rings is 1. The lowest BCUT2D eigenvalue weighted by molar-refractivity contribution is 0.269. The van der Waals surface area contributed by atoms with Crippen LogP contribution in [0.5, 0.6) is 5.75 Å². The third kappa shape index (κ3) is 3.66. The normalized spacial score (nSPS) is 12.2. The fraction of sp³-hybridized carbons (Fsp3) is 0.214. The Hall–Kier alpha value is -1.65. The summed E-state index contributed by atoms with van der Waals surface area (Å²) in [4.78, 5) is 3.73. The van der Waals surface area contributed by atoms with Crippen molar-refractivity contribution in [2.75, 3.05) is 13.7 Å². The van der Waals surface area contributed by atoms with Crippen molar-refractivity contribution in [1.29, 1.82) is 0 Å². The summed E-state index contributed by atoms with van der Waals surface area (Å²) >= 11 is 5.87. The number of benzene rings is 1. The maximum Gasteiger partial charge on any atom is 0.146 e. The zero-order valence-corrected chi connectivity index (χ0v) is 11.2. The molecule has 1 aromatic carbocycles. The molecule has 5 heteroatoms. The van der Waals surface area contributed by atoms with Crippen LogP contribution in [-0.4, -0.2) is 18.6 Å². The summed E-state index contributed by atoms with van der Waals surface area (Å²) in [6.45, 7) is 0.303. The van der Waals surface area contributed by atoms with Gasteiger partial charge in [0.15, 0.2) is 0 Å². The highest BCUT2D eigenvalue weighted by Gasteiger charge is 2.14. The minimum Gasteiger partial charge on any atom is -0.492 e. The average molecular weight is 281 g/mol. The van der Waals surface area contributed by atoms with Crippen molar-refractivity contribution in [3.8, 4) is 5.75 Å². The van der Waals surface area contributed by atoms with E-state index in [9.17, 15) is 4.39 Å². The molecule has 2 rings (SSSR count). The highest BCUT2D eigenvalue weighted by molar-refractivity contribution is 6.30. The molecule has 0 amide bonds. The van der Waals surface area contributed by atoms with Crippen molar-refractivity contribution < 1.29 is 9.13 Å². The van der Waals surface area contributed by atoms with Gasteiger partial charge in [-0.25, -0.2) is 4.39 Å². The van der Waals surface area contributed by atoms with Gasteiger partial charge in [-0.1, -0.05) is 17.7 Å². The number of likely N-dealkylation sites (N-methyl/N-ethyl adjacent to an activating group) is 1. The highest BCUT2D eigenvalue weighted by Crippen LogP contribution is 2.20. The molecule has 1 atom stereocenters. The van der Waals surface area contributed by atoms with Gasteiger partial charge >= 0.3 is 0 Å². The summed E-state index contributed by atoms with van der Waals surface area (Å²) in [5, 5.41) is 3.62. The van der Waals surface area contributed by atoms with E-state index >= 15 is 0 Å². The SMILES string of the molecule is CNC(COc1cccc(Cl)c1)c1ccncc1F. The molecular weight excluding hydrogens is 267 g/mol. The van der Waals surface area contributed by atoms with Crippen LogP contribution in [0.2, 0.25) is 5.02 Å². The van der Waals surface area contributed by atoms with Gasteiger partial charge in [-0.05, 0) is 31.3 Å². The van der Waals surface area contributed by atoms with Crippen molar-refractivity contribution in [3.63, 3.8) is 0 Å². The van der Waals surface area contributed by atoms with Crippen molar-refractivity contribution in [2.24, 2.45) is 0 Å². The summed E-state index contributed by atoms with van der Waals surface area (Å²) in [6, 6.07) is 8.49. The molecule has 1 N–H and O–H groups in total. The monoisotopic (exact) mass is 280 g/mol. The van der Waals surface area contributed by atoms with E-state index in [-0.39, 0.29) is 11.9 Å². The predicted molar refractivity (Wildman–Crippen MR) is 72.9 cm³/mol. The van der Waals surface area contributed by atoms with Gasteiger partial charge in [0.05, 0.1) is 12.2 Å². The number of nitrogens with one attached hydrogen (secondary N) is 1. The fourth-order valence-corrected chi connectivity index (χ4v) is 1.91. The van der Waals surface area contributed by atoms with E-state index in [1.165, 1.54) is 6.20 Å². The van der Waals surface area contributed by atoms with Crippen LogP contribution in [0.3, 0.4) is 0 Å². The molecule has 19 heavy (non-hydrogen) atoms. The molecule has 1 heterocycles. The number of halogens is 2. The lowest BCUT2D eigenvalue weighted by Crippen LogP contribution is -2.24. The van der Waals surface area contributed by atoms with Gasteiger partial charge in [-0.15, -0.1) is 0 Å². The van der Waals surface area contributed by atoms with Crippen LogP contribution < -0.4 is 10.1 Å². The first kappa shape index (κ1) is 13.8. The fourth-order valence-electron chi connectivity index (χ4n) is 1.73. The maximum atomic E-state index is 13.6. The zero-order valence-electron chi connectivity index (χ0n) is 10.4. The molecule has 0 saturated heterocycles. The minimum atomic E-state index is -0.350. The van der Waals surface area contributed by atoms with Crippen LogP contribution in [0.15, 0.2) is 42.7 Å². The molecule has 1 aromatic heterocycles. The molecule has 2 aromatic rings. The molecule has 0 spiro atoms. The van der Waals surface area contributed by atoms with Gasteiger partial charge in [0.25, 0.3) is 0 Å². The molecule has 0 radical (unpaired) electrons. The number of rotatable bonds is 5. The molecule has 0 aliphatic rings. The molecule has 0 saturated carbocycles. The predicted octanol–water partition coefficient (Wildman–Crippen LogP) is 3.21. The number of aromatic nitrogens is 1. The van der Waals surface area contributed by atoms with Crippen LogP contribution in [-0.2, 0) is 0 Å². The summed E-state index contributed by atoms with van der Waals surface area (Å²) in [5.74, 6) is 0.304. The second-order valence-corrected chi connectivity index (χ2v) is 4.44. The summed E-state index contributed by atoms with van der Waals surface area (Å²) in [6.07, 6.45) is 2.75. The quantitative estimate of drug-likeness (QED) is 0.913. The second kappa shape index (κ2) is 6.50. The Balaban J connectivity index is 2.06. The Morgan fingerprint density at radius 3 is 2.95 bits per heavy atom. The molecule has 1 unspecified atom stereocenters. The Morgan fingerprint density at radius 1 is 1.42 bits per heavy atom. The first-order valence-corrected chi connectivity index (χ1v) is 6.23. The van der Waals surface area contributed by atoms with Gasteiger partial charge in [0, 0.05) is 16.8 Å². The van der Waals surface area contributed by atoms with Crippen molar-refractivity contribution >= 4 is 11.6 Å². The number of nitrogens with zero attached hydrogens (tertiary/aromatic N) is 1. The molecule has 0 fully saturated rings. The summed E-state index contributed by atoms with van der Waals surface area (Å²) < 4.78 is 19.3. The first-order valence-electron chi connectivity index (χ1n) is 5.85. The van der Waals surface area contributed by atoms with E-state index in [0.29, 0.717) is 22.9 Å². The lowest BCUT2D eigenvalue weighted by atomic mass is 10.1. The van der Waals surface area contributed by atoms with Crippen LogP contribution in [0.1, 0.15) is 11.6 Å². The topological polar surface area (TPSA) is 34.1 Å². The van der Waals surface area contributed by atoms with Crippen LogP contribution in [0, 0.1) is 5.82 Å². The second-order valence-electron chi connectivity index (χ2n) is 4.01. The molecule has 0 bridgehead atoms. The Kier molecular flexibility index (Phi) is 4.71. The van der Waals surface area contributed by atoms with E-state index in [0.717, 1.165) is 0 Å². The van der Waals surface area contributed by atoms with Crippen molar-refractivity contribution in [3.05, 3.63) is 59.1 Å². The average Bonchev–Trinajstić information content (AvgIpc) is 2.41. The largest absolute Gasteiger partial charge is 0.492 e. The van der Waals surface area contributed by atoms with Crippen LogP contribution in [0.4, 0.5) is 4.39 Å². The van der Waals surface area contributed by atoms with Gasteiger partial charge < -0.3 is 10.1 Å². The number of ether oxygens (including phenoxy) is 1. The first-order chi connectivity index (χ1) is 9.20. The standard InChI is InChI=1S/C14H14ClFN2O/c1-17-14(12-5-6-18-8-13(12)16)9-19-11-4-2-3-10(15)7-11/h2-8,14,17H,9H2,1H3. The third-order valence-electron chi connectivity index (χ3n) is 2.74. The summed E-state index contributed by atoms with van der Waals surface area (Å²) in [5.41, 5.74) is 0.527. The van der Waals surface area contributed by atoms with E-state index in [1.807, 2.05) is 6.07 Å². The lowest BCUT2D eigenvalue weighted by Gasteiger charge is -2.17. The Morgan fingerprint density at radius 2 is 2.26 bits per heavy atom. The number of hydrogen-bond acceptors (Lipinski definition) is 3. The Bertz CT molecular complexity index is 550. The highest BCUT2D eigenvalue weighted by atomic mass is 35.5. The van der Waals surface area contributed by atoms with Crippen LogP contribution in [0.25, 0.3) is 0 Å². The van der Waals surface area contributed by atoms with E-state index in [2.05, 4.69) is 10.3 Å². The molecular formula is C14H14ClFN2O. The zero-order chi connectivity index (χ0) is 13.7. The third-order valence-corrected chi connectivity index (χ3v) is 2.98. The minimum absolute atomic E-state index is 0.248.